The number of Topliss-reactive ketones (excluding diaryl/α,β-unsaturated/α-hetero) is 1. The van der Waals surface area contributed by atoms with Gasteiger partial charge in [0.05, 0.1) is 21.6 Å². The molecule has 21 heavy (non-hydrogen) atoms. The Morgan fingerprint density at radius 3 is 2.29 bits per heavy atom. The molecule has 0 radical (unpaired) electrons. The van der Waals surface area contributed by atoms with Crippen LogP contribution < -0.4 is 0 Å². The monoisotopic (exact) mass is 308 g/mol. The van der Waals surface area contributed by atoms with E-state index in [9.17, 15) is 17.8 Å². The van der Waals surface area contributed by atoms with E-state index in [0.717, 1.165) is 17.7 Å². The average Bonchev–Trinajstić information content (AvgIpc) is 2.46. The van der Waals surface area contributed by atoms with Crippen LogP contribution in [0.3, 0.4) is 0 Å². The average molecular weight is 308 g/mol. The molecule has 0 aliphatic rings. The molecule has 0 aromatic heterocycles. The van der Waals surface area contributed by atoms with Crippen LogP contribution in [0.25, 0.3) is 0 Å². The lowest BCUT2D eigenvalue weighted by molar-refractivity contribution is 0.0988. The molecule has 0 spiro atoms. The third-order valence-corrected chi connectivity index (χ3v) is 4.73. The summed E-state index contributed by atoms with van der Waals surface area (Å²) in [4.78, 5) is 12.7. The molecule has 110 valence electrons. The molecule has 0 bridgehead atoms. The number of halogens is 2. The standard InChI is InChI=1S/C16H14F2O2S/c1-10-3-6-13(7-4-10)21(20)11(2)16(19)14-8-5-12(17)9-15(14)18/h3-9,11H,1-2H3. The molecule has 0 aliphatic heterocycles. The van der Waals surface area contributed by atoms with Crippen molar-refractivity contribution in [3.63, 3.8) is 0 Å². The lowest BCUT2D eigenvalue weighted by Crippen LogP contribution is -2.23. The van der Waals surface area contributed by atoms with Gasteiger partial charge in [-0.25, -0.2) is 8.78 Å². The Morgan fingerprint density at radius 2 is 1.71 bits per heavy atom. The second-order valence-electron chi connectivity index (χ2n) is 4.74. The number of hydrogen-bond acceptors (Lipinski definition) is 2. The number of carbonyl (C=O) groups excluding carboxylic acids is 1. The molecule has 2 rings (SSSR count). The number of rotatable bonds is 4. The van der Waals surface area contributed by atoms with E-state index in [2.05, 4.69) is 0 Å². The Balaban J connectivity index is 2.26. The van der Waals surface area contributed by atoms with Gasteiger partial charge in [0.1, 0.15) is 11.6 Å². The smallest absolute Gasteiger partial charge is 0.181 e. The minimum Gasteiger partial charge on any atom is -0.293 e. The maximum absolute atomic E-state index is 13.6. The van der Waals surface area contributed by atoms with Crippen molar-refractivity contribution in [3.05, 3.63) is 65.2 Å². The highest BCUT2D eigenvalue weighted by Crippen LogP contribution is 2.18. The summed E-state index contributed by atoms with van der Waals surface area (Å²) in [5.41, 5.74) is 0.767. The minimum atomic E-state index is -1.59. The van der Waals surface area contributed by atoms with E-state index in [1.165, 1.54) is 6.92 Å². The number of aryl methyl sites for hydroxylation is 1. The van der Waals surface area contributed by atoms with Gasteiger partial charge in [-0.15, -0.1) is 0 Å². The predicted octanol–water partition coefficient (Wildman–Crippen LogP) is 3.65. The van der Waals surface area contributed by atoms with Crippen molar-refractivity contribution in [1.29, 1.82) is 0 Å². The molecular weight excluding hydrogens is 294 g/mol. The number of benzene rings is 2. The van der Waals surface area contributed by atoms with Crippen molar-refractivity contribution < 1.29 is 17.8 Å². The summed E-state index contributed by atoms with van der Waals surface area (Å²) in [6.45, 7) is 3.37. The van der Waals surface area contributed by atoms with Gasteiger partial charge in [-0.05, 0) is 38.1 Å². The molecule has 2 unspecified atom stereocenters. The molecule has 2 atom stereocenters. The van der Waals surface area contributed by atoms with Gasteiger partial charge >= 0.3 is 0 Å². The van der Waals surface area contributed by atoms with E-state index in [-0.39, 0.29) is 5.56 Å². The Bertz CT molecular complexity index is 696. The second-order valence-corrected chi connectivity index (χ2v) is 6.51. The zero-order valence-electron chi connectivity index (χ0n) is 11.6. The molecule has 0 heterocycles. The van der Waals surface area contributed by atoms with Crippen molar-refractivity contribution in [2.45, 2.75) is 24.0 Å². The van der Waals surface area contributed by atoms with E-state index < -0.39 is 33.5 Å². The molecule has 2 nitrogen and oxygen atoms in total. The summed E-state index contributed by atoms with van der Waals surface area (Å²) in [5.74, 6) is -2.30. The summed E-state index contributed by atoms with van der Waals surface area (Å²) in [6, 6.07) is 9.68. The molecule has 5 heteroatoms. The molecule has 0 fully saturated rings. The van der Waals surface area contributed by atoms with E-state index in [4.69, 9.17) is 0 Å². The Hall–Kier alpha value is -1.88. The lowest BCUT2D eigenvalue weighted by atomic mass is 10.1. The number of hydrogen-bond donors (Lipinski definition) is 0. The zero-order chi connectivity index (χ0) is 15.6. The largest absolute Gasteiger partial charge is 0.293 e. The van der Waals surface area contributed by atoms with Crippen molar-refractivity contribution >= 4 is 16.6 Å². The summed E-state index contributed by atoms with van der Waals surface area (Å²) >= 11 is 0. The van der Waals surface area contributed by atoms with Crippen molar-refractivity contribution in [2.75, 3.05) is 0 Å². The van der Waals surface area contributed by atoms with Crippen LogP contribution in [-0.2, 0) is 10.8 Å². The van der Waals surface area contributed by atoms with Crippen LogP contribution in [0, 0.1) is 18.6 Å². The molecule has 0 aliphatic carbocycles. The van der Waals surface area contributed by atoms with Gasteiger partial charge in [0.15, 0.2) is 5.78 Å². The van der Waals surface area contributed by atoms with Crippen LogP contribution in [0.4, 0.5) is 8.78 Å². The first kappa shape index (κ1) is 15.5. The quantitative estimate of drug-likeness (QED) is 0.808. The maximum Gasteiger partial charge on any atom is 0.181 e. The van der Waals surface area contributed by atoms with E-state index in [1.54, 1.807) is 24.3 Å². The summed E-state index contributed by atoms with van der Waals surface area (Å²) < 4.78 is 38.8. The van der Waals surface area contributed by atoms with Gasteiger partial charge in [0.25, 0.3) is 0 Å². The molecule has 0 N–H and O–H groups in total. The van der Waals surface area contributed by atoms with Gasteiger partial charge in [0, 0.05) is 11.0 Å². The predicted molar refractivity (Wildman–Crippen MR) is 77.7 cm³/mol. The highest BCUT2D eigenvalue weighted by atomic mass is 32.2. The van der Waals surface area contributed by atoms with Gasteiger partial charge in [-0.3, -0.25) is 9.00 Å². The van der Waals surface area contributed by atoms with Gasteiger partial charge in [-0.2, -0.15) is 0 Å². The van der Waals surface area contributed by atoms with Crippen molar-refractivity contribution in [1.82, 2.24) is 0 Å². The van der Waals surface area contributed by atoms with E-state index >= 15 is 0 Å². The van der Waals surface area contributed by atoms with Crippen LogP contribution in [0.1, 0.15) is 22.8 Å². The topological polar surface area (TPSA) is 34.1 Å². The third-order valence-electron chi connectivity index (χ3n) is 3.14. The van der Waals surface area contributed by atoms with E-state index in [0.29, 0.717) is 11.0 Å². The van der Waals surface area contributed by atoms with Crippen LogP contribution in [-0.4, -0.2) is 15.2 Å². The third kappa shape index (κ3) is 3.42. The van der Waals surface area contributed by atoms with Crippen LogP contribution in [0.5, 0.6) is 0 Å². The first-order chi connectivity index (χ1) is 9.90. The normalized spacial score (nSPS) is 13.7. The minimum absolute atomic E-state index is 0.246. The second kappa shape index (κ2) is 6.26. The van der Waals surface area contributed by atoms with Gasteiger partial charge < -0.3 is 0 Å². The summed E-state index contributed by atoms with van der Waals surface area (Å²) in [7, 11) is -1.59. The zero-order valence-corrected chi connectivity index (χ0v) is 12.4. The molecule has 0 saturated carbocycles. The van der Waals surface area contributed by atoms with Gasteiger partial charge in [0.2, 0.25) is 0 Å². The number of ketones is 1. The van der Waals surface area contributed by atoms with Crippen LogP contribution in [0.15, 0.2) is 47.4 Å². The molecule has 2 aromatic carbocycles. The first-order valence-corrected chi connectivity index (χ1v) is 7.58. The summed E-state index contributed by atoms with van der Waals surface area (Å²) in [6.07, 6.45) is 0. The fraction of sp³-hybridized carbons (Fsp3) is 0.188. The van der Waals surface area contributed by atoms with Crippen molar-refractivity contribution in [2.24, 2.45) is 0 Å². The molecule has 0 amide bonds. The number of carbonyl (C=O) groups is 1. The highest BCUT2D eigenvalue weighted by Gasteiger charge is 2.25. The fourth-order valence-corrected chi connectivity index (χ4v) is 3.02. The molecule has 2 aromatic rings. The Kier molecular flexibility index (Phi) is 4.63. The molecular formula is C16H14F2O2S. The maximum atomic E-state index is 13.6. The van der Waals surface area contributed by atoms with Crippen LogP contribution >= 0.6 is 0 Å². The van der Waals surface area contributed by atoms with E-state index in [1.807, 2.05) is 6.92 Å². The van der Waals surface area contributed by atoms with Crippen LogP contribution in [0.2, 0.25) is 0 Å². The summed E-state index contributed by atoms with van der Waals surface area (Å²) in [5, 5.41) is -0.910. The van der Waals surface area contributed by atoms with Gasteiger partial charge in [-0.1, -0.05) is 17.7 Å². The fourth-order valence-electron chi connectivity index (χ4n) is 1.88. The van der Waals surface area contributed by atoms with Crippen molar-refractivity contribution in [3.8, 4) is 0 Å². The molecule has 0 saturated heterocycles. The highest BCUT2D eigenvalue weighted by molar-refractivity contribution is 7.86. The Labute approximate surface area is 124 Å². The lowest BCUT2D eigenvalue weighted by Gasteiger charge is -2.11. The first-order valence-electron chi connectivity index (χ1n) is 6.36. The SMILES string of the molecule is Cc1ccc(S(=O)C(C)C(=O)c2ccc(F)cc2F)cc1. The Morgan fingerprint density at radius 1 is 1.10 bits per heavy atom.